The molecule has 0 aromatic heterocycles. The van der Waals surface area contributed by atoms with E-state index in [-0.39, 0.29) is 0 Å². The Morgan fingerprint density at radius 3 is 2.52 bits per heavy atom. The lowest BCUT2D eigenvalue weighted by Crippen LogP contribution is -2.45. The van der Waals surface area contributed by atoms with Crippen LogP contribution in [0.25, 0.3) is 0 Å². The van der Waals surface area contributed by atoms with E-state index >= 15 is 0 Å². The van der Waals surface area contributed by atoms with Crippen molar-refractivity contribution in [3.63, 3.8) is 0 Å². The van der Waals surface area contributed by atoms with Gasteiger partial charge >= 0.3 is 0 Å². The van der Waals surface area contributed by atoms with Crippen molar-refractivity contribution in [2.75, 3.05) is 47.5 Å². The van der Waals surface area contributed by atoms with Crippen molar-refractivity contribution in [3.8, 4) is 17.2 Å². The zero-order valence-corrected chi connectivity index (χ0v) is 18.7. The summed E-state index contributed by atoms with van der Waals surface area (Å²) in [6.45, 7) is 8.80. The number of nitrogens with zero attached hydrogens (tertiary/aromatic N) is 2. The van der Waals surface area contributed by atoms with Gasteiger partial charge in [-0.3, -0.25) is 4.90 Å². The van der Waals surface area contributed by atoms with Gasteiger partial charge in [-0.15, -0.1) is 0 Å². The van der Waals surface area contributed by atoms with Crippen LogP contribution < -0.4 is 24.8 Å². The standard InChI is InChI=1S/C22H38N4O3/c1-6-18-10-8-9-14-26(18)15-13-24-22(23-7-2)25-16-17-11-12-19(27-3)21(29-5)20(17)28-4/h11-12,18H,6-10,13-16H2,1-5H3,(H2,23,24,25). The van der Waals surface area contributed by atoms with E-state index in [2.05, 4.69) is 29.4 Å². The summed E-state index contributed by atoms with van der Waals surface area (Å²) in [5.41, 5.74) is 0.949. The third-order valence-corrected chi connectivity index (χ3v) is 5.45. The van der Waals surface area contributed by atoms with Gasteiger partial charge in [0.05, 0.1) is 27.9 Å². The molecule has 1 fully saturated rings. The number of methoxy groups -OCH3 is 3. The third kappa shape index (κ3) is 6.42. The first-order valence-corrected chi connectivity index (χ1v) is 10.7. The minimum absolute atomic E-state index is 0.486. The molecule has 1 aromatic carbocycles. The van der Waals surface area contributed by atoms with Crippen LogP contribution in [0.4, 0.5) is 0 Å². The minimum Gasteiger partial charge on any atom is -0.493 e. The number of likely N-dealkylation sites (tertiary alicyclic amines) is 1. The molecule has 0 radical (unpaired) electrons. The fraction of sp³-hybridized carbons (Fsp3) is 0.682. The van der Waals surface area contributed by atoms with Gasteiger partial charge < -0.3 is 24.8 Å². The maximum Gasteiger partial charge on any atom is 0.203 e. The van der Waals surface area contributed by atoms with Gasteiger partial charge in [0.1, 0.15) is 0 Å². The van der Waals surface area contributed by atoms with E-state index in [1.807, 2.05) is 12.1 Å². The van der Waals surface area contributed by atoms with E-state index in [1.54, 1.807) is 21.3 Å². The molecule has 29 heavy (non-hydrogen) atoms. The first kappa shape index (κ1) is 23.1. The Morgan fingerprint density at radius 2 is 1.86 bits per heavy atom. The lowest BCUT2D eigenvalue weighted by Gasteiger charge is -2.35. The van der Waals surface area contributed by atoms with Crippen molar-refractivity contribution in [2.45, 2.75) is 52.1 Å². The second kappa shape index (κ2) is 12.4. The summed E-state index contributed by atoms with van der Waals surface area (Å²) in [4.78, 5) is 7.35. The number of benzene rings is 1. The molecule has 7 nitrogen and oxygen atoms in total. The van der Waals surface area contributed by atoms with Crippen molar-refractivity contribution < 1.29 is 14.2 Å². The topological polar surface area (TPSA) is 67.4 Å². The highest BCUT2D eigenvalue weighted by Crippen LogP contribution is 2.39. The lowest BCUT2D eigenvalue weighted by atomic mass is 10.0. The van der Waals surface area contributed by atoms with Gasteiger partial charge in [0.2, 0.25) is 5.75 Å². The minimum atomic E-state index is 0.486. The van der Waals surface area contributed by atoms with Crippen molar-refractivity contribution in [3.05, 3.63) is 17.7 Å². The molecule has 1 unspecified atom stereocenters. The molecule has 7 heteroatoms. The van der Waals surface area contributed by atoms with Crippen molar-refractivity contribution in [1.82, 2.24) is 15.5 Å². The Morgan fingerprint density at radius 1 is 1.07 bits per heavy atom. The van der Waals surface area contributed by atoms with E-state index in [9.17, 15) is 0 Å². The zero-order valence-electron chi connectivity index (χ0n) is 18.7. The normalized spacial score (nSPS) is 17.7. The van der Waals surface area contributed by atoms with Gasteiger partial charge in [-0.05, 0) is 44.9 Å². The van der Waals surface area contributed by atoms with Gasteiger partial charge in [-0.25, -0.2) is 4.99 Å². The van der Waals surface area contributed by atoms with Crippen LogP contribution in [0.3, 0.4) is 0 Å². The van der Waals surface area contributed by atoms with Crippen LogP contribution in [0.2, 0.25) is 0 Å². The molecule has 1 aliphatic heterocycles. The van der Waals surface area contributed by atoms with Crippen molar-refractivity contribution in [1.29, 1.82) is 0 Å². The molecule has 1 aromatic rings. The molecule has 164 valence electrons. The highest BCUT2D eigenvalue weighted by Gasteiger charge is 2.20. The van der Waals surface area contributed by atoms with Gasteiger partial charge in [0.25, 0.3) is 0 Å². The van der Waals surface area contributed by atoms with Gasteiger partial charge in [0.15, 0.2) is 17.5 Å². The molecular weight excluding hydrogens is 368 g/mol. The quantitative estimate of drug-likeness (QED) is 0.460. The summed E-state index contributed by atoms with van der Waals surface area (Å²) in [7, 11) is 4.87. The Bertz CT molecular complexity index is 651. The predicted molar refractivity (Wildman–Crippen MR) is 118 cm³/mol. The number of piperidine rings is 1. The summed E-state index contributed by atoms with van der Waals surface area (Å²) in [5.74, 6) is 2.71. The Balaban J connectivity index is 2.01. The SMILES string of the molecule is CCNC(=NCc1ccc(OC)c(OC)c1OC)NCCN1CCCCC1CC. The van der Waals surface area contributed by atoms with Crippen LogP contribution in [-0.4, -0.2) is 64.4 Å². The summed E-state index contributed by atoms with van der Waals surface area (Å²) in [5, 5.41) is 6.80. The summed E-state index contributed by atoms with van der Waals surface area (Å²) < 4.78 is 16.4. The van der Waals surface area contributed by atoms with E-state index in [0.29, 0.717) is 23.8 Å². The lowest BCUT2D eigenvalue weighted by molar-refractivity contribution is 0.147. The average Bonchev–Trinajstić information content (AvgIpc) is 2.76. The molecule has 0 spiro atoms. The van der Waals surface area contributed by atoms with Crippen LogP contribution in [0.1, 0.15) is 45.1 Å². The number of hydrogen-bond acceptors (Lipinski definition) is 5. The van der Waals surface area contributed by atoms with Crippen LogP contribution in [0, 0.1) is 0 Å². The zero-order chi connectivity index (χ0) is 21.1. The Hall–Kier alpha value is -2.15. The summed E-state index contributed by atoms with van der Waals surface area (Å²) >= 11 is 0. The fourth-order valence-electron chi connectivity index (χ4n) is 3.93. The van der Waals surface area contributed by atoms with E-state index < -0.39 is 0 Å². The molecule has 1 atom stereocenters. The van der Waals surface area contributed by atoms with Crippen molar-refractivity contribution in [2.24, 2.45) is 4.99 Å². The van der Waals surface area contributed by atoms with Crippen LogP contribution >= 0.6 is 0 Å². The van der Waals surface area contributed by atoms with Gasteiger partial charge in [-0.2, -0.15) is 0 Å². The number of rotatable bonds is 10. The van der Waals surface area contributed by atoms with Gasteiger partial charge in [-0.1, -0.05) is 13.3 Å². The second-order valence-electron chi connectivity index (χ2n) is 7.21. The van der Waals surface area contributed by atoms with E-state index in [1.165, 1.54) is 32.2 Å². The van der Waals surface area contributed by atoms with E-state index in [0.717, 1.165) is 37.2 Å². The second-order valence-corrected chi connectivity index (χ2v) is 7.21. The smallest absolute Gasteiger partial charge is 0.203 e. The highest BCUT2D eigenvalue weighted by atomic mass is 16.5. The molecule has 0 aliphatic carbocycles. The van der Waals surface area contributed by atoms with Crippen molar-refractivity contribution >= 4 is 5.96 Å². The number of hydrogen-bond donors (Lipinski definition) is 2. The molecule has 0 amide bonds. The summed E-state index contributed by atoms with van der Waals surface area (Å²) in [6, 6.07) is 4.57. The molecule has 0 bridgehead atoms. The van der Waals surface area contributed by atoms with Crippen LogP contribution in [0.5, 0.6) is 17.2 Å². The summed E-state index contributed by atoms with van der Waals surface area (Å²) in [6.07, 6.45) is 5.22. The molecular formula is C22H38N4O3. The molecule has 2 N–H and O–H groups in total. The fourth-order valence-corrected chi connectivity index (χ4v) is 3.93. The predicted octanol–water partition coefficient (Wildman–Crippen LogP) is 3.03. The monoisotopic (exact) mass is 406 g/mol. The molecule has 0 saturated carbocycles. The number of aliphatic imine (C=N–C) groups is 1. The molecule has 1 heterocycles. The maximum absolute atomic E-state index is 5.57. The van der Waals surface area contributed by atoms with E-state index in [4.69, 9.17) is 19.2 Å². The molecule has 2 rings (SSSR count). The third-order valence-electron chi connectivity index (χ3n) is 5.45. The largest absolute Gasteiger partial charge is 0.493 e. The Kier molecular flexibility index (Phi) is 9.91. The van der Waals surface area contributed by atoms with Gasteiger partial charge in [0, 0.05) is 31.2 Å². The van der Waals surface area contributed by atoms with Crippen LogP contribution in [-0.2, 0) is 6.54 Å². The molecule has 1 aliphatic rings. The Labute approximate surface area is 175 Å². The van der Waals surface area contributed by atoms with Crippen LogP contribution in [0.15, 0.2) is 17.1 Å². The molecule has 1 saturated heterocycles. The number of ether oxygens (including phenoxy) is 3. The first-order chi connectivity index (χ1) is 14.2. The maximum atomic E-state index is 5.57. The highest BCUT2D eigenvalue weighted by molar-refractivity contribution is 5.79. The number of nitrogens with one attached hydrogen (secondary N) is 2. The first-order valence-electron chi connectivity index (χ1n) is 10.7. The average molecular weight is 407 g/mol. The number of guanidine groups is 1.